The van der Waals surface area contributed by atoms with Gasteiger partial charge in [-0.25, -0.2) is 4.79 Å². The molecule has 0 spiro atoms. The molecular formula is C42H68N6O14S. The highest BCUT2D eigenvalue weighted by Gasteiger charge is 2.57. The van der Waals surface area contributed by atoms with Crippen molar-refractivity contribution in [3.8, 4) is 0 Å². The van der Waals surface area contributed by atoms with Gasteiger partial charge in [0.05, 0.1) is 32.5 Å². The standard InChI is InChI=1S/C42H68N6O14S/c1-7-11-19-54-33-28(24-50)58-40(30(46-48-44)34(33)55-20-12-8-2)61-36-35(56-21-13-9-3)38(57-22-14-10-4)41(62-37(36)39(52)53-6)60-32-27(23-49)59-42(29(31(32)51)45-47-43)63-26-17-15-25(5)16-18-26/h15-18,27-38,40-42,49-51H,7-14,19-24H2,1-6H3/t27?,28?,29-,30-,31?,32+,33+,34?,35?,36-,37?,38-,40+,41+,42-/m0/s1. The van der Waals surface area contributed by atoms with Crippen LogP contribution < -0.4 is 0 Å². The van der Waals surface area contributed by atoms with Crippen LogP contribution in [0, 0.1) is 6.92 Å². The molecule has 0 aromatic heterocycles. The average molecular weight is 913 g/mol. The summed E-state index contributed by atoms with van der Waals surface area (Å²) in [6.07, 6.45) is -9.23. The van der Waals surface area contributed by atoms with Crippen molar-refractivity contribution < 1.29 is 67.5 Å². The monoisotopic (exact) mass is 912 g/mol. The van der Waals surface area contributed by atoms with Gasteiger partial charge in [0.15, 0.2) is 18.7 Å². The number of aliphatic hydroxyl groups excluding tert-OH is 3. The lowest BCUT2D eigenvalue weighted by atomic mass is 9.94. The molecule has 21 heteroatoms. The van der Waals surface area contributed by atoms with Crippen LogP contribution in [-0.4, -0.2) is 159 Å². The van der Waals surface area contributed by atoms with E-state index in [1.165, 1.54) is 18.9 Å². The maximum Gasteiger partial charge on any atom is 0.337 e. The van der Waals surface area contributed by atoms with Gasteiger partial charge in [0.25, 0.3) is 0 Å². The van der Waals surface area contributed by atoms with Gasteiger partial charge in [-0.1, -0.05) is 93.1 Å². The second-order valence-corrected chi connectivity index (χ2v) is 16.8. The summed E-state index contributed by atoms with van der Waals surface area (Å²) in [6, 6.07) is 5.20. The number of hydrogen-bond acceptors (Lipinski definition) is 17. The molecule has 3 heterocycles. The topological polar surface area (TPSA) is 268 Å². The second kappa shape index (κ2) is 28.3. The van der Waals surface area contributed by atoms with E-state index in [0.29, 0.717) is 32.5 Å². The van der Waals surface area contributed by atoms with Gasteiger partial charge in [-0.3, -0.25) is 0 Å². The molecule has 3 aliphatic heterocycles. The molecular weight excluding hydrogens is 845 g/mol. The SMILES string of the molecule is CCCCOC1[C@H](OCCCC)C(CO)O[C@H](O[C@@H]2C(C(=O)OC)O[C@@H](O[C@@H]3C(CO)O[C@@H](Sc4ccc(C)cc4)[C@@H](N=[N+]=[N-])C3O)[C@@H](OCCCC)C2OCCCC)[C@H]1N=[N+]=[N-]. The lowest BCUT2D eigenvalue weighted by molar-refractivity contribution is -0.364. The number of azide groups is 2. The van der Waals surface area contributed by atoms with Gasteiger partial charge in [0.2, 0.25) is 0 Å². The maximum absolute atomic E-state index is 13.9. The quantitative estimate of drug-likeness (QED) is 0.0316. The third-order valence-corrected chi connectivity index (χ3v) is 12.2. The zero-order chi connectivity index (χ0) is 45.7. The number of aliphatic hydroxyl groups is 3. The van der Waals surface area contributed by atoms with Crippen LogP contribution in [0.1, 0.15) is 84.6 Å². The Labute approximate surface area is 374 Å². The molecule has 0 bridgehead atoms. The molecule has 3 aliphatic rings. The molecule has 0 radical (unpaired) electrons. The van der Waals surface area contributed by atoms with E-state index in [9.17, 15) is 31.2 Å². The van der Waals surface area contributed by atoms with E-state index in [4.69, 9.17) is 47.4 Å². The molecule has 356 valence electrons. The number of carbonyl (C=O) groups is 1. The Kier molecular flexibility index (Phi) is 23.7. The number of carbonyl (C=O) groups excluding carboxylic acids is 1. The molecule has 4 rings (SSSR count). The van der Waals surface area contributed by atoms with Gasteiger partial charge < -0.3 is 62.7 Å². The number of hydrogen-bond donors (Lipinski definition) is 3. The summed E-state index contributed by atoms with van der Waals surface area (Å²) in [5, 5.41) is 41.1. The van der Waals surface area contributed by atoms with Gasteiger partial charge in [0.1, 0.15) is 60.2 Å². The van der Waals surface area contributed by atoms with E-state index in [0.717, 1.165) is 42.6 Å². The van der Waals surface area contributed by atoms with E-state index >= 15 is 0 Å². The maximum atomic E-state index is 13.9. The van der Waals surface area contributed by atoms with Crippen molar-refractivity contribution in [3.63, 3.8) is 0 Å². The highest BCUT2D eigenvalue weighted by Crippen LogP contribution is 2.40. The predicted octanol–water partition coefficient (Wildman–Crippen LogP) is 5.65. The summed E-state index contributed by atoms with van der Waals surface area (Å²) in [7, 11) is 1.17. The number of unbranched alkanes of at least 4 members (excludes halogenated alkanes) is 4. The number of aryl methyl sites for hydroxylation is 1. The molecule has 15 atom stereocenters. The average Bonchev–Trinajstić information content (AvgIpc) is 3.28. The Morgan fingerprint density at radius 2 is 1.19 bits per heavy atom. The van der Waals surface area contributed by atoms with Crippen molar-refractivity contribution in [1.82, 2.24) is 0 Å². The molecule has 3 N–H and O–H groups in total. The minimum atomic E-state index is -1.61. The van der Waals surface area contributed by atoms with Crippen molar-refractivity contribution in [2.45, 2.75) is 182 Å². The number of rotatable bonds is 27. The van der Waals surface area contributed by atoms with E-state index in [1.807, 2.05) is 58.9 Å². The zero-order valence-corrected chi connectivity index (χ0v) is 38.1. The van der Waals surface area contributed by atoms with Crippen molar-refractivity contribution >= 4 is 17.7 Å². The summed E-state index contributed by atoms with van der Waals surface area (Å²) in [5.41, 5.74) is 19.6. The van der Waals surface area contributed by atoms with Gasteiger partial charge in [-0.2, -0.15) is 0 Å². The molecule has 1 aromatic rings. The lowest BCUT2D eigenvalue weighted by Gasteiger charge is -2.50. The Morgan fingerprint density at radius 3 is 1.73 bits per heavy atom. The van der Waals surface area contributed by atoms with Crippen molar-refractivity contribution in [1.29, 1.82) is 0 Å². The number of thioether (sulfide) groups is 1. The van der Waals surface area contributed by atoms with Crippen LogP contribution in [0.25, 0.3) is 20.9 Å². The Bertz CT molecular complexity index is 1580. The van der Waals surface area contributed by atoms with Gasteiger partial charge in [0, 0.05) is 41.1 Å². The Hall–Kier alpha value is -2.82. The minimum absolute atomic E-state index is 0.182. The molecule has 20 nitrogen and oxygen atoms in total. The van der Waals surface area contributed by atoms with Crippen LogP contribution in [-0.2, 0) is 52.2 Å². The first-order valence-electron chi connectivity index (χ1n) is 22.2. The molecule has 3 saturated heterocycles. The largest absolute Gasteiger partial charge is 0.467 e. The van der Waals surface area contributed by atoms with Crippen molar-refractivity contribution in [3.05, 3.63) is 50.7 Å². The van der Waals surface area contributed by atoms with Crippen molar-refractivity contribution in [2.75, 3.05) is 46.8 Å². The van der Waals surface area contributed by atoms with Crippen molar-refractivity contribution in [2.24, 2.45) is 10.2 Å². The summed E-state index contributed by atoms with van der Waals surface area (Å²) in [4.78, 5) is 20.7. The molecule has 3 fully saturated rings. The molecule has 6 unspecified atom stereocenters. The Morgan fingerprint density at radius 1 is 0.683 bits per heavy atom. The second-order valence-electron chi connectivity index (χ2n) is 15.7. The fourth-order valence-corrected chi connectivity index (χ4v) is 8.60. The number of nitrogens with zero attached hydrogens (tertiary/aromatic N) is 6. The Balaban J connectivity index is 1.76. The smallest absolute Gasteiger partial charge is 0.337 e. The predicted molar refractivity (Wildman–Crippen MR) is 229 cm³/mol. The number of esters is 1. The van der Waals surface area contributed by atoms with E-state index in [2.05, 4.69) is 20.1 Å². The molecule has 1 aromatic carbocycles. The third kappa shape index (κ3) is 14.6. The van der Waals surface area contributed by atoms with Gasteiger partial charge in [-0.15, -0.1) is 0 Å². The fourth-order valence-electron chi connectivity index (χ4n) is 7.48. The first-order valence-corrected chi connectivity index (χ1v) is 23.1. The minimum Gasteiger partial charge on any atom is -0.467 e. The van der Waals surface area contributed by atoms with Crippen LogP contribution in [0.3, 0.4) is 0 Å². The van der Waals surface area contributed by atoms with Crippen LogP contribution >= 0.6 is 11.8 Å². The van der Waals surface area contributed by atoms with Crippen LogP contribution in [0.5, 0.6) is 0 Å². The first-order chi connectivity index (χ1) is 30.6. The summed E-state index contributed by atoms with van der Waals surface area (Å²) in [5.74, 6) is -0.892. The van der Waals surface area contributed by atoms with Gasteiger partial charge >= 0.3 is 5.97 Å². The first kappa shape index (κ1) is 52.8. The summed E-state index contributed by atoms with van der Waals surface area (Å²) >= 11 is 1.22. The molecule has 0 saturated carbocycles. The number of benzene rings is 1. The van der Waals surface area contributed by atoms with E-state index < -0.39 is 110 Å². The van der Waals surface area contributed by atoms with E-state index in [-0.39, 0.29) is 13.2 Å². The normalized spacial score (nSPS) is 33.3. The highest BCUT2D eigenvalue weighted by molar-refractivity contribution is 7.99. The third-order valence-electron chi connectivity index (χ3n) is 11.0. The lowest BCUT2D eigenvalue weighted by Crippen LogP contribution is -2.68. The van der Waals surface area contributed by atoms with Crippen LogP contribution in [0.4, 0.5) is 0 Å². The molecule has 0 amide bonds. The number of methoxy groups -OCH3 is 1. The van der Waals surface area contributed by atoms with Crippen LogP contribution in [0.2, 0.25) is 0 Å². The zero-order valence-electron chi connectivity index (χ0n) is 37.3. The van der Waals surface area contributed by atoms with E-state index in [1.54, 1.807) is 0 Å². The number of ether oxygens (including phenoxy) is 10. The van der Waals surface area contributed by atoms with Gasteiger partial charge in [-0.05, 0) is 55.8 Å². The molecule has 63 heavy (non-hydrogen) atoms. The summed E-state index contributed by atoms with van der Waals surface area (Å²) in [6.45, 7) is 9.83. The highest BCUT2D eigenvalue weighted by atomic mass is 32.2. The molecule has 0 aliphatic carbocycles. The summed E-state index contributed by atoms with van der Waals surface area (Å²) < 4.78 is 63.1. The fraction of sp³-hybridized carbons (Fsp3) is 0.833. The van der Waals surface area contributed by atoms with Crippen LogP contribution in [0.15, 0.2) is 39.4 Å².